The molecule has 1 aliphatic heterocycles. The first-order valence-electron chi connectivity index (χ1n) is 10.6. The number of H-pyrrole nitrogens is 1. The fourth-order valence-corrected chi connectivity index (χ4v) is 4.57. The molecule has 0 fully saturated rings. The smallest absolute Gasteiger partial charge is 0.253 e. The number of carbonyl (C=O) groups is 2. The SMILES string of the molecule is CCN(CC)CCCNC(=O)c1c(C)[nH]c(CC2C(=O)Nc3ccc(Br)cc32)c1C. The highest BCUT2D eigenvalue weighted by atomic mass is 79.9. The molecule has 2 aromatic rings. The lowest BCUT2D eigenvalue weighted by Gasteiger charge is -2.17. The Morgan fingerprint density at radius 2 is 1.97 bits per heavy atom. The summed E-state index contributed by atoms with van der Waals surface area (Å²) in [7, 11) is 0. The van der Waals surface area contributed by atoms with Crippen molar-refractivity contribution in [3.63, 3.8) is 0 Å². The second kappa shape index (κ2) is 9.79. The zero-order chi connectivity index (χ0) is 21.8. The molecule has 6 nitrogen and oxygen atoms in total. The predicted octanol–water partition coefficient (Wildman–Crippen LogP) is 4.13. The van der Waals surface area contributed by atoms with Crippen LogP contribution in [0.2, 0.25) is 0 Å². The van der Waals surface area contributed by atoms with Gasteiger partial charge in [-0.25, -0.2) is 0 Å². The molecule has 3 N–H and O–H groups in total. The molecular weight excluding hydrogens is 444 g/mol. The minimum atomic E-state index is -0.265. The molecule has 2 heterocycles. The van der Waals surface area contributed by atoms with Crippen LogP contribution in [0.3, 0.4) is 0 Å². The quantitative estimate of drug-likeness (QED) is 0.478. The standard InChI is InChI=1S/C23H31BrN4O2/c1-5-28(6-2)11-7-10-25-23(30)21-14(3)20(26-15(21)4)13-18-17-12-16(24)8-9-19(17)27-22(18)29/h8-9,12,18,26H,5-7,10-11,13H2,1-4H3,(H,25,30)(H,27,29). The van der Waals surface area contributed by atoms with Gasteiger partial charge < -0.3 is 20.5 Å². The number of amides is 2. The number of anilines is 1. The maximum Gasteiger partial charge on any atom is 0.253 e. The fraction of sp³-hybridized carbons (Fsp3) is 0.478. The van der Waals surface area contributed by atoms with Gasteiger partial charge >= 0.3 is 0 Å². The van der Waals surface area contributed by atoms with Crippen molar-refractivity contribution in [3.05, 3.63) is 50.8 Å². The maximum absolute atomic E-state index is 12.8. The average molecular weight is 475 g/mol. The van der Waals surface area contributed by atoms with E-state index in [0.29, 0.717) is 18.5 Å². The molecule has 30 heavy (non-hydrogen) atoms. The van der Waals surface area contributed by atoms with Gasteiger partial charge in [0.25, 0.3) is 5.91 Å². The molecule has 7 heteroatoms. The molecule has 1 unspecified atom stereocenters. The third-order valence-electron chi connectivity index (χ3n) is 5.97. The number of carbonyl (C=O) groups excluding carboxylic acids is 2. The molecule has 0 aliphatic carbocycles. The number of hydrogen-bond donors (Lipinski definition) is 3. The molecule has 0 bridgehead atoms. The molecule has 162 valence electrons. The monoisotopic (exact) mass is 474 g/mol. The van der Waals surface area contributed by atoms with Crippen LogP contribution >= 0.6 is 15.9 Å². The summed E-state index contributed by atoms with van der Waals surface area (Å²) in [5.41, 5.74) is 5.25. The van der Waals surface area contributed by atoms with Gasteiger partial charge in [-0.15, -0.1) is 0 Å². The number of fused-ring (bicyclic) bond motifs is 1. The summed E-state index contributed by atoms with van der Waals surface area (Å²) in [6.45, 7) is 11.9. The van der Waals surface area contributed by atoms with Gasteiger partial charge in [0, 0.05) is 34.5 Å². The number of benzene rings is 1. The Balaban J connectivity index is 1.68. The summed E-state index contributed by atoms with van der Waals surface area (Å²) in [4.78, 5) is 31.0. The summed E-state index contributed by atoms with van der Waals surface area (Å²) in [5, 5.41) is 6.01. The van der Waals surface area contributed by atoms with E-state index in [4.69, 9.17) is 0 Å². The Morgan fingerprint density at radius 3 is 2.67 bits per heavy atom. The minimum Gasteiger partial charge on any atom is -0.362 e. The van der Waals surface area contributed by atoms with Gasteiger partial charge in [-0.3, -0.25) is 9.59 Å². The number of nitrogens with zero attached hydrogens (tertiary/aromatic N) is 1. The molecule has 1 aromatic heterocycles. The highest BCUT2D eigenvalue weighted by molar-refractivity contribution is 9.10. The van der Waals surface area contributed by atoms with Crippen LogP contribution in [0.25, 0.3) is 0 Å². The van der Waals surface area contributed by atoms with Gasteiger partial charge in [-0.05, 0) is 69.2 Å². The molecule has 1 aliphatic rings. The number of aromatic nitrogens is 1. The lowest BCUT2D eigenvalue weighted by Crippen LogP contribution is -2.30. The van der Waals surface area contributed by atoms with Gasteiger partial charge in [0.15, 0.2) is 0 Å². The third-order valence-corrected chi connectivity index (χ3v) is 6.46. The van der Waals surface area contributed by atoms with E-state index in [9.17, 15) is 9.59 Å². The van der Waals surface area contributed by atoms with E-state index in [-0.39, 0.29) is 17.7 Å². The third kappa shape index (κ3) is 4.78. The van der Waals surface area contributed by atoms with E-state index in [1.165, 1.54) is 0 Å². The van der Waals surface area contributed by atoms with Crippen LogP contribution < -0.4 is 10.6 Å². The van der Waals surface area contributed by atoms with Gasteiger partial charge in [0.05, 0.1) is 11.5 Å². The first kappa shape index (κ1) is 22.6. The van der Waals surface area contributed by atoms with E-state index in [0.717, 1.165) is 58.7 Å². The largest absolute Gasteiger partial charge is 0.362 e. The van der Waals surface area contributed by atoms with Crippen molar-refractivity contribution < 1.29 is 9.59 Å². The van der Waals surface area contributed by atoms with Crippen molar-refractivity contribution in [1.29, 1.82) is 0 Å². The van der Waals surface area contributed by atoms with Gasteiger partial charge in [0.1, 0.15) is 0 Å². The number of nitrogens with one attached hydrogen (secondary N) is 3. The van der Waals surface area contributed by atoms with Crippen LogP contribution in [0.4, 0.5) is 5.69 Å². The molecule has 0 spiro atoms. The Kier molecular flexibility index (Phi) is 7.36. The van der Waals surface area contributed by atoms with Crippen LogP contribution in [0.1, 0.15) is 59.1 Å². The van der Waals surface area contributed by atoms with E-state index in [1.807, 2.05) is 32.0 Å². The van der Waals surface area contributed by atoms with Crippen LogP contribution in [0.15, 0.2) is 22.7 Å². The van der Waals surface area contributed by atoms with E-state index < -0.39 is 0 Å². The van der Waals surface area contributed by atoms with Gasteiger partial charge in [-0.1, -0.05) is 29.8 Å². The van der Waals surface area contributed by atoms with Crippen molar-refractivity contribution >= 4 is 33.4 Å². The molecule has 0 saturated heterocycles. The summed E-state index contributed by atoms with van der Waals surface area (Å²) in [5.74, 6) is -0.317. The molecule has 1 aromatic carbocycles. The normalized spacial score (nSPS) is 15.4. The molecule has 3 rings (SSSR count). The second-order valence-corrected chi connectivity index (χ2v) is 8.76. The Hall–Kier alpha value is -2.12. The zero-order valence-electron chi connectivity index (χ0n) is 18.2. The number of aromatic amines is 1. The topological polar surface area (TPSA) is 77.2 Å². The summed E-state index contributed by atoms with van der Waals surface area (Å²) >= 11 is 3.49. The van der Waals surface area contributed by atoms with Crippen LogP contribution in [-0.2, 0) is 11.2 Å². The summed E-state index contributed by atoms with van der Waals surface area (Å²) in [6, 6.07) is 5.84. The van der Waals surface area contributed by atoms with Crippen LogP contribution in [0, 0.1) is 13.8 Å². The van der Waals surface area contributed by atoms with Crippen molar-refractivity contribution in [3.8, 4) is 0 Å². The first-order chi connectivity index (χ1) is 14.3. The summed E-state index contributed by atoms with van der Waals surface area (Å²) < 4.78 is 0.951. The zero-order valence-corrected chi connectivity index (χ0v) is 19.8. The molecular formula is C23H31BrN4O2. The fourth-order valence-electron chi connectivity index (χ4n) is 4.20. The van der Waals surface area contributed by atoms with E-state index >= 15 is 0 Å². The Morgan fingerprint density at radius 1 is 1.23 bits per heavy atom. The van der Waals surface area contributed by atoms with Crippen molar-refractivity contribution in [1.82, 2.24) is 15.2 Å². The first-order valence-corrected chi connectivity index (χ1v) is 11.4. The van der Waals surface area contributed by atoms with Gasteiger partial charge in [0.2, 0.25) is 5.91 Å². The lowest BCUT2D eigenvalue weighted by molar-refractivity contribution is -0.117. The number of halogens is 1. The molecule has 0 radical (unpaired) electrons. The minimum absolute atomic E-state index is 0.00263. The van der Waals surface area contributed by atoms with Crippen molar-refractivity contribution in [2.75, 3.05) is 31.5 Å². The maximum atomic E-state index is 12.8. The lowest BCUT2D eigenvalue weighted by atomic mass is 9.94. The molecule has 0 saturated carbocycles. The van der Waals surface area contributed by atoms with Gasteiger partial charge in [-0.2, -0.15) is 0 Å². The second-order valence-electron chi connectivity index (χ2n) is 7.84. The van der Waals surface area contributed by atoms with E-state index in [1.54, 1.807) is 0 Å². The average Bonchev–Trinajstić information content (AvgIpc) is 3.17. The van der Waals surface area contributed by atoms with Crippen molar-refractivity contribution in [2.24, 2.45) is 0 Å². The van der Waals surface area contributed by atoms with Crippen LogP contribution in [-0.4, -0.2) is 47.9 Å². The Bertz CT molecular complexity index is 934. The summed E-state index contributed by atoms with van der Waals surface area (Å²) in [6.07, 6.45) is 1.47. The molecule has 1 atom stereocenters. The highest BCUT2D eigenvalue weighted by Gasteiger charge is 2.32. The van der Waals surface area contributed by atoms with Crippen LogP contribution in [0.5, 0.6) is 0 Å². The number of hydrogen-bond acceptors (Lipinski definition) is 3. The highest BCUT2D eigenvalue weighted by Crippen LogP contribution is 2.37. The van der Waals surface area contributed by atoms with Crippen molar-refractivity contribution in [2.45, 2.75) is 46.5 Å². The number of rotatable bonds is 9. The van der Waals surface area contributed by atoms with E-state index in [2.05, 4.69) is 50.3 Å². The number of aryl methyl sites for hydroxylation is 1. The Labute approximate surface area is 186 Å². The predicted molar refractivity (Wildman–Crippen MR) is 124 cm³/mol. The molecule has 2 amide bonds.